The fraction of sp³-hybridized carbons (Fsp3) is 0.250. The maximum atomic E-state index is 12.9. The van der Waals surface area contributed by atoms with Crippen molar-refractivity contribution in [1.82, 2.24) is 14.7 Å². The van der Waals surface area contributed by atoms with Crippen LogP contribution in [-0.2, 0) is 0 Å². The number of rotatable bonds is 4. The SMILES string of the molecule is Cl.NCC(F)(F)CNC(=O)c1cnc2ccccn2c1=O. The summed E-state index contributed by atoms with van der Waals surface area (Å²) in [6.45, 7) is -1.82. The van der Waals surface area contributed by atoms with Crippen molar-refractivity contribution >= 4 is 24.0 Å². The van der Waals surface area contributed by atoms with Gasteiger partial charge in [0.2, 0.25) is 0 Å². The minimum absolute atomic E-state index is 0. The number of hydrogen-bond acceptors (Lipinski definition) is 4. The van der Waals surface area contributed by atoms with Crippen LogP contribution in [0.5, 0.6) is 0 Å². The number of pyridine rings is 1. The molecular weight excluding hydrogens is 306 g/mol. The molecule has 3 N–H and O–H groups in total. The molecule has 0 atom stereocenters. The standard InChI is InChI=1S/C12H12F2N4O2.ClH/c13-12(14,6-15)7-17-10(19)8-5-16-9-3-1-2-4-18(9)11(8)20;/h1-5H,6-7,15H2,(H,17,19);1H. The van der Waals surface area contributed by atoms with E-state index >= 15 is 0 Å². The molecule has 0 spiro atoms. The van der Waals surface area contributed by atoms with Gasteiger partial charge in [-0.2, -0.15) is 0 Å². The van der Waals surface area contributed by atoms with Crippen LogP contribution in [0.4, 0.5) is 8.78 Å². The zero-order valence-corrected chi connectivity index (χ0v) is 11.6. The van der Waals surface area contributed by atoms with Gasteiger partial charge in [-0.15, -0.1) is 12.4 Å². The Hall–Kier alpha value is -2.06. The third kappa shape index (κ3) is 3.73. The van der Waals surface area contributed by atoms with Gasteiger partial charge in [0, 0.05) is 12.4 Å². The second kappa shape index (κ2) is 6.59. The number of halogens is 3. The van der Waals surface area contributed by atoms with Crippen LogP contribution in [0, 0.1) is 0 Å². The van der Waals surface area contributed by atoms with E-state index in [1.165, 1.54) is 6.20 Å². The number of carbonyl (C=O) groups is 1. The van der Waals surface area contributed by atoms with Gasteiger partial charge in [-0.3, -0.25) is 14.0 Å². The summed E-state index contributed by atoms with van der Waals surface area (Å²) in [4.78, 5) is 27.7. The number of alkyl halides is 2. The molecule has 0 saturated carbocycles. The van der Waals surface area contributed by atoms with Crippen LogP contribution in [0.1, 0.15) is 10.4 Å². The fourth-order valence-electron chi connectivity index (χ4n) is 1.56. The van der Waals surface area contributed by atoms with Gasteiger partial charge in [-0.05, 0) is 12.1 Å². The smallest absolute Gasteiger partial charge is 0.277 e. The Morgan fingerprint density at radius 2 is 2.14 bits per heavy atom. The van der Waals surface area contributed by atoms with E-state index < -0.39 is 30.5 Å². The first-order chi connectivity index (χ1) is 9.44. The van der Waals surface area contributed by atoms with Gasteiger partial charge in [0.25, 0.3) is 17.4 Å². The summed E-state index contributed by atoms with van der Waals surface area (Å²) in [5, 5.41) is 1.97. The molecular formula is C12H13ClF2N4O2. The average Bonchev–Trinajstić information content (AvgIpc) is 2.45. The van der Waals surface area contributed by atoms with E-state index in [9.17, 15) is 18.4 Å². The number of aromatic nitrogens is 2. The zero-order chi connectivity index (χ0) is 14.8. The van der Waals surface area contributed by atoms with Crippen LogP contribution >= 0.6 is 12.4 Å². The molecule has 114 valence electrons. The first-order valence-corrected chi connectivity index (χ1v) is 5.77. The first kappa shape index (κ1) is 17.0. The molecule has 21 heavy (non-hydrogen) atoms. The summed E-state index contributed by atoms with van der Waals surface area (Å²) in [7, 11) is 0. The summed E-state index contributed by atoms with van der Waals surface area (Å²) in [6.07, 6.45) is 2.50. The summed E-state index contributed by atoms with van der Waals surface area (Å²) < 4.78 is 27.1. The molecule has 0 unspecified atom stereocenters. The molecule has 0 aliphatic rings. The van der Waals surface area contributed by atoms with Crippen LogP contribution < -0.4 is 16.6 Å². The monoisotopic (exact) mass is 318 g/mol. The molecule has 0 saturated heterocycles. The predicted octanol–water partition coefficient (Wildman–Crippen LogP) is 0.440. The van der Waals surface area contributed by atoms with E-state index in [1.807, 2.05) is 5.32 Å². The maximum Gasteiger partial charge on any atom is 0.277 e. The highest BCUT2D eigenvalue weighted by Crippen LogP contribution is 2.08. The van der Waals surface area contributed by atoms with Crippen molar-refractivity contribution in [3.8, 4) is 0 Å². The highest BCUT2D eigenvalue weighted by molar-refractivity contribution is 5.93. The van der Waals surface area contributed by atoms with Gasteiger partial charge >= 0.3 is 0 Å². The Labute approximate surface area is 124 Å². The Bertz CT molecular complexity index is 705. The van der Waals surface area contributed by atoms with Crippen LogP contribution in [0.15, 0.2) is 35.4 Å². The number of amides is 1. The number of fused-ring (bicyclic) bond motifs is 1. The van der Waals surface area contributed by atoms with Crippen molar-refractivity contribution in [2.45, 2.75) is 5.92 Å². The van der Waals surface area contributed by atoms with E-state index in [1.54, 1.807) is 18.2 Å². The second-order valence-corrected chi connectivity index (χ2v) is 4.15. The molecule has 0 aliphatic heterocycles. The molecule has 2 aromatic heterocycles. The van der Waals surface area contributed by atoms with Gasteiger partial charge in [-0.1, -0.05) is 6.07 Å². The van der Waals surface area contributed by atoms with Crippen LogP contribution in [0.25, 0.3) is 5.65 Å². The van der Waals surface area contributed by atoms with Crippen molar-refractivity contribution in [3.63, 3.8) is 0 Å². The average molecular weight is 319 g/mol. The molecule has 0 aromatic carbocycles. The van der Waals surface area contributed by atoms with Gasteiger partial charge in [0.15, 0.2) is 0 Å². The molecule has 2 aromatic rings. The minimum atomic E-state index is -3.21. The number of carbonyl (C=O) groups excluding carboxylic acids is 1. The highest BCUT2D eigenvalue weighted by Gasteiger charge is 2.28. The van der Waals surface area contributed by atoms with Crippen molar-refractivity contribution in [3.05, 3.63) is 46.5 Å². The third-order valence-corrected chi connectivity index (χ3v) is 2.66. The molecule has 2 heterocycles. The topological polar surface area (TPSA) is 89.5 Å². The Morgan fingerprint density at radius 1 is 1.43 bits per heavy atom. The second-order valence-electron chi connectivity index (χ2n) is 4.15. The van der Waals surface area contributed by atoms with E-state index in [-0.39, 0.29) is 18.0 Å². The number of nitrogens with two attached hydrogens (primary N) is 1. The maximum absolute atomic E-state index is 12.9. The quantitative estimate of drug-likeness (QED) is 0.856. The summed E-state index contributed by atoms with van der Waals surface area (Å²) in [6, 6.07) is 4.87. The van der Waals surface area contributed by atoms with Crippen molar-refractivity contribution in [1.29, 1.82) is 0 Å². The predicted molar refractivity (Wildman–Crippen MR) is 75.0 cm³/mol. The highest BCUT2D eigenvalue weighted by atomic mass is 35.5. The lowest BCUT2D eigenvalue weighted by atomic mass is 10.2. The minimum Gasteiger partial charge on any atom is -0.346 e. The van der Waals surface area contributed by atoms with Gasteiger partial charge in [0.1, 0.15) is 11.2 Å². The molecule has 1 amide bonds. The lowest BCUT2D eigenvalue weighted by Crippen LogP contribution is -2.43. The van der Waals surface area contributed by atoms with E-state index in [0.29, 0.717) is 5.65 Å². The molecule has 0 aliphatic carbocycles. The molecule has 0 fully saturated rings. The molecule has 2 rings (SSSR count). The van der Waals surface area contributed by atoms with Crippen molar-refractivity contribution < 1.29 is 13.6 Å². The summed E-state index contributed by atoms with van der Waals surface area (Å²) in [5.41, 5.74) is 4.29. The van der Waals surface area contributed by atoms with Crippen LogP contribution in [-0.4, -0.2) is 34.3 Å². The largest absolute Gasteiger partial charge is 0.346 e. The molecule has 6 nitrogen and oxygen atoms in total. The normalized spacial score (nSPS) is 11.0. The fourth-order valence-corrected chi connectivity index (χ4v) is 1.56. The van der Waals surface area contributed by atoms with Gasteiger partial charge in [-0.25, -0.2) is 13.8 Å². The first-order valence-electron chi connectivity index (χ1n) is 5.77. The molecule has 9 heteroatoms. The Kier molecular flexibility index (Phi) is 5.34. The van der Waals surface area contributed by atoms with Crippen LogP contribution in [0.2, 0.25) is 0 Å². The lowest BCUT2D eigenvalue weighted by Gasteiger charge is -2.14. The molecule has 0 bridgehead atoms. The number of nitrogens with zero attached hydrogens (tertiary/aromatic N) is 2. The van der Waals surface area contributed by atoms with E-state index in [4.69, 9.17) is 5.73 Å². The van der Waals surface area contributed by atoms with Gasteiger partial charge in [0.05, 0.1) is 13.1 Å². The molecule has 0 radical (unpaired) electrons. The lowest BCUT2D eigenvalue weighted by molar-refractivity contribution is 0.0118. The van der Waals surface area contributed by atoms with Crippen LogP contribution in [0.3, 0.4) is 0 Å². The number of nitrogens with one attached hydrogen (secondary N) is 1. The summed E-state index contributed by atoms with van der Waals surface area (Å²) in [5.74, 6) is -4.12. The Morgan fingerprint density at radius 3 is 2.81 bits per heavy atom. The van der Waals surface area contributed by atoms with Gasteiger partial charge < -0.3 is 11.1 Å². The summed E-state index contributed by atoms with van der Waals surface area (Å²) >= 11 is 0. The van der Waals surface area contributed by atoms with E-state index in [0.717, 1.165) is 10.6 Å². The number of hydrogen-bond donors (Lipinski definition) is 2. The van der Waals surface area contributed by atoms with Crippen molar-refractivity contribution in [2.75, 3.05) is 13.1 Å². The Balaban J connectivity index is 0.00000220. The van der Waals surface area contributed by atoms with E-state index in [2.05, 4.69) is 4.98 Å². The third-order valence-electron chi connectivity index (χ3n) is 2.66. The van der Waals surface area contributed by atoms with Crippen molar-refractivity contribution in [2.24, 2.45) is 5.73 Å². The zero-order valence-electron chi connectivity index (χ0n) is 10.8.